The standard InChI is InChI=1S/C26H29N5O2/c1-17(27)24-22(15-23(26(32)33)29-25(24)28-19-7-5-4-6-8-19)18-9-11-20(12-10-18)31-14-13-21(16-31)30(2)3/h4-12,15,21,27H,13-14,16H2,1-3H3,(H,28,29)(H,32,33). The number of benzene rings is 2. The quantitative estimate of drug-likeness (QED) is 0.458. The number of rotatable bonds is 7. The van der Waals surface area contributed by atoms with Crippen LogP contribution in [0.1, 0.15) is 29.4 Å². The Kier molecular flexibility index (Phi) is 6.42. The summed E-state index contributed by atoms with van der Waals surface area (Å²) in [6.45, 7) is 3.69. The minimum absolute atomic E-state index is 0.0640. The van der Waals surface area contributed by atoms with Gasteiger partial charge in [-0.1, -0.05) is 30.3 Å². The number of nitrogens with zero attached hydrogens (tertiary/aromatic N) is 3. The fourth-order valence-corrected chi connectivity index (χ4v) is 4.26. The van der Waals surface area contributed by atoms with Crippen molar-refractivity contribution in [2.45, 2.75) is 19.4 Å². The summed E-state index contributed by atoms with van der Waals surface area (Å²) in [4.78, 5) is 20.8. The molecular formula is C26H29N5O2. The zero-order valence-electron chi connectivity index (χ0n) is 19.2. The van der Waals surface area contributed by atoms with Crippen LogP contribution in [0.25, 0.3) is 11.1 Å². The van der Waals surface area contributed by atoms with Crippen LogP contribution in [0, 0.1) is 5.41 Å². The number of anilines is 3. The molecule has 0 bridgehead atoms. The number of pyridine rings is 1. The zero-order chi connectivity index (χ0) is 23.5. The second kappa shape index (κ2) is 9.42. The molecule has 1 fully saturated rings. The average Bonchev–Trinajstić information content (AvgIpc) is 3.30. The van der Waals surface area contributed by atoms with E-state index in [-0.39, 0.29) is 5.69 Å². The summed E-state index contributed by atoms with van der Waals surface area (Å²) in [5.74, 6) is -0.744. The van der Waals surface area contributed by atoms with E-state index in [0.29, 0.717) is 28.7 Å². The first kappa shape index (κ1) is 22.5. The minimum atomic E-state index is -1.11. The van der Waals surface area contributed by atoms with Gasteiger partial charge in [0.05, 0.1) is 0 Å². The van der Waals surface area contributed by atoms with Crippen molar-refractivity contribution in [2.24, 2.45) is 0 Å². The molecule has 1 atom stereocenters. The number of aromatic nitrogens is 1. The molecular weight excluding hydrogens is 414 g/mol. The first-order valence-corrected chi connectivity index (χ1v) is 11.0. The Bertz CT molecular complexity index is 1160. The van der Waals surface area contributed by atoms with Crippen LogP contribution in [0.5, 0.6) is 0 Å². The van der Waals surface area contributed by atoms with Gasteiger partial charge in [0.15, 0.2) is 5.69 Å². The van der Waals surface area contributed by atoms with Gasteiger partial charge in [0.2, 0.25) is 0 Å². The van der Waals surface area contributed by atoms with E-state index in [0.717, 1.165) is 36.4 Å². The van der Waals surface area contributed by atoms with E-state index < -0.39 is 5.97 Å². The van der Waals surface area contributed by atoms with Crippen LogP contribution >= 0.6 is 0 Å². The minimum Gasteiger partial charge on any atom is -0.477 e. The summed E-state index contributed by atoms with van der Waals surface area (Å²) in [5, 5.41) is 21.3. The molecule has 0 saturated carbocycles. The number of likely N-dealkylation sites (N-methyl/N-ethyl adjacent to an activating group) is 1. The Morgan fingerprint density at radius 2 is 1.85 bits per heavy atom. The highest BCUT2D eigenvalue weighted by Gasteiger charge is 2.24. The number of carbonyl (C=O) groups is 1. The fourth-order valence-electron chi connectivity index (χ4n) is 4.26. The number of hydrogen-bond donors (Lipinski definition) is 3. The Morgan fingerprint density at radius 1 is 1.15 bits per heavy atom. The predicted octanol–water partition coefficient (Wildman–Crippen LogP) is 4.72. The first-order valence-electron chi connectivity index (χ1n) is 11.0. The maximum atomic E-state index is 11.8. The van der Waals surface area contributed by atoms with E-state index in [9.17, 15) is 9.90 Å². The highest BCUT2D eigenvalue weighted by molar-refractivity contribution is 6.08. The van der Waals surface area contributed by atoms with Gasteiger partial charge < -0.3 is 25.6 Å². The summed E-state index contributed by atoms with van der Waals surface area (Å²) in [6, 6.07) is 19.7. The smallest absolute Gasteiger partial charge is 0.354 e. The monoisotopic (exact) mass is 443 g/mol. The number of nitrogens with one attached hydrogen (secondary N) is 2. The van der Waals surface area contributed by atoms with Gasteiger partial charge in [-0.05, 0) is 68.9 Å². The normalized spacial score (nSPS) is 15.6. The van der Waals surface area contributed by atoms with Crippen LogP contribution in [0.3, 0.4) is 0 Å². The molecule has 2 aromatic carbocycles. The maximum Gasteiger partial charge on any atom is 0.354 e. The molecule has 4 rings (SSSR count). The highest BCUT2D eigenvalue weighted by Crippen LogP contribution is 2.33. The molecule has 170 valence electrons. The Labute approximate surface area is 194 Å². The maximum absolute atomic E-state index is 11.8. The number of carboxylic acid groups (broad SMARTS) is 1. The topological polar surface area (TPSA) is 92.6 Å². The van der Waals surface area contributed by atoms with Gasteiger partial charge in [-0.2, -0.15) is 0 Å². The molecule has 1 aliphatic rings. The van der Waals surface area contributed by atoms with E-state index in [1.165, 1.54) is 0 Å². The molecule has 1 aromatic heterocycles. The number of aromatic carboxylic acids is 1. The van der Waals surface area contributed by atoms with Crippen LogP contribution in [-0.4, -0.2) is 59.9 Å². The van der Waals surface area contributed by atoms with Crippen molar-refractivity contribution < 1.29 is 9.90 Å². The van der Waals surface area contributed by atoms with Gasteiger partial charge in [-0.15, -0.1) is 0 Å². The number of para-hydroxylation sites is 1. The third-order valence-electron chi connectivity index (χ3n) is 6.09. The average molecular weight is 444 g/mol. The molecule has 7 nitrogen and oxygen atoms in total. The number of carboxylic acids is 1. The van der Waals surface area contributed by atoms with Gasteiger partial charge in [-0.25, -0.2) is 9.78 Å². The molecule has 0 radical (unpaired) electrons. The summed E-state index contributed by atoms with van der Waals surface area (Å²) >= 11 is 0. The predicted molar refractivity (Wildman–Crippen MR) is 133 cm³/mol. The van der Waals surface area contributed by atoms with Crippen molar-refractivity contribution in [3.05, 3.63) is 71.9 Å². The highest BCUT2D eigenvalue weighted by atomic mass is 16.4. The van der Waals surface area contributed by atoms with Crippen molar-refractivity contribution in [3.63, 3.8) is 0 Å². The molecule has 2 heterocycles. The van der Waals surface area contributed by atoms with Crippen LogP contribution in [-0.2, 0) is 0 Å². The third kappa shape index (κ3) is 4.88. The lowest BCUT2D eigenvalue weighted by atomic mass is 9.96. The van der Waals surface area contributed by atoms with Crippen molar-refractivity contribution in [3.8, 4) is 11.1 Å². The lowest BCUT2D eigenvalue weighted by Gasteiger charge is -2.22. The van der Waals surface area contributed by atoms with Gasteiger partial charge >= 0.3 is 5.97 Å². The second-order valence-electron chi connectivity index (χ2n) is 8.60. The molecule has 3 N–H and O–H groups in total. The summed E-state index contributed by atoms with van der Waals surface area (Å²) < 4.78 is 0. The fraction of sp³-hybridized carbons (Fsp3) is 0.269. The van der Waals surface area contributed by atoms with Gasteiger partial charge in [0, 0.05) is 41.8 Å². The van der Waals surface area contributed by atoms with E-state index in [2.05, 4.69) is 46.3 Å². The third-order valence-corrected chi connectivity index (χ3v) is 6.09. The zero-order valence-corrected chi connectivity index (χ0v) is 19.2. The molecule has 0 spiro atoms. The molecule has 0 amide bonds. The first-order chi connectivity index (χ1) is 15.8. The molecule has 1 unspecified atom stereocenters. The van der Waals surface area contributed by atoms with Gasteiger partial charge in [0.25, 0.3) is 0 Å². The van der Waals surface area contributed by atoms with E-state index in [1.807, 2.05) is 42.5 Å². The molecule has 7 heteroatoms. The van der Waals surface area contributed by atoms with Gasteiger partial charge in [-0.3, -0.25) is 0 Å². The molecule has 0 aliphatic carbocycles. The number of hydrogen-bond acceptors (Lipinski definition) is 6. The van der Waals surface area contributed by atoms with Crippen LogP contribution in [0.4, 0.5) is 17.2 Å². The molecule has 1 saturated heterocycles. The molecule has 3 aromatic rings. The van der Waals surface area contributed by atoms with E-state index in [4.69, 9.17) is 5.41 Å². The van der Waals surface area contributed by atoms with Crippen molar-refractivity contribution in [1.29, 1.82) is 5.41 Å². The summed E-state index contributed by atoms with van der Waals surface area (Å²) in [7, 11) is 4.23. The molecule has 33 heavy (non-hydrogen) atoms. The lowest BCUT2D eigenvalue weighted by Crippen LogP contribution is -2.31. The Morgan fingerprint density at radius 3 is 2.42 bits per heavy atom. The lowest BCUT2D eigenvalue weighted by molar-refractivity contribution is 0.0690. The summed E-state index contributed by atoms with van der Waals surface area (Å²) in [6.07, 6.45) is 1.13. The van der Waals surface area contributed by atoms with Crippen LogP contribution in [0.15, 0.2) is 60.7 Å². The summed E-state index contributed by atoms with van der Waals surface area (Å²) in [5.41, 5.74) is 4.28. The Balaban J connectivity index is 1.73. The Hall–Kier alpha value is -3.71. The van der Waals surface area contributed by atoms with Crippen LogP contribution < -0.4 is 10.2 Å². The largest absolute Gasteiger partial charge is 0.477 e. The van der Waals surface area contributed by atoms with Gasteiger partial charge in [0.1, 0.15) is 5.82 Å². The van der Waals surface area contributed by atoms with Crippen molar-refractivity contribution >= 4 is 28.9 Å². The van der Waals surface area contributed by atoms with Crippen LogP contribution in [0.2, 0.25) is 0 Å². The van der Waals surface area contributed by atoms with E-state index >= 15 is 0 Å². The second-order valence-corrected chi connectivity index (χ2v) is 8.60. The van der Waals surface area contributed by atoms with E-state index in [1.54, 1.807) is 13.0 Å². The molecule has 1 aliphatic heterocycles. The van der Waals surface area contributed by atoms with Crippen molar-refractivity contribution in [2.75, 3.05) is 37.4 Å². The SMILES string of the molecule is CC(=N)c1c(-c2ccc(N3CCC(N(C)C)C3)cc2)cc(C(=O)O)nc1Nc1ccccc1. The van der Waals surface area contributed by atoms with Crippen molar-refractivity contribution in [1.82, 2.24) is 9.88 Å².